The Morgan fingerprint density at radius 3 is 2.59 bits per heavy atom. The zero-order valence-electron chi connectivity index (χ0n) is 18.9. The minimum atomic E-state index is -0.485. The number of methoxy groups -OCH3 is 1. The predicted octanol–water partition coefficient (Wildman–Crippen LogP) is 4.19. The molecule has 0 N–H and O–H groups in total. The minimum Gasteiger partial charge on any atom is -0.494 e. The monoisotopic (exact) mass is 461 g/mol. The molecule has 174 valence electrons. The lowest BCUT2D eigenvalue weighted by molar-refractivity contribution is 0.309. The van der Waals surface area contributed by atoms with E-state index < -0.39 is 5.82 Å². The van der Waals surface area contributed by atoms with Crippen molar-refractivity contribution in [1.82, 2.24) is 23.8 Å². The van der Waals surface area contributed by atoms with Gasteiger partial charge in [0.2, 0.25) is 0 Å². The van der Waals surface area contributed by atoms with Crippen LogP contribution < -0.4 is 15.2 Å². The van der Waals surface area contributed by atoms with Crippen molar-refractivity contribution in [1.29, 1.82) is 0 Å². The van der Waals surface area contributed by atoms with Gasteiger partial charge in [-0.1, -0.05) is 19.4 Å². The topological polar surface area (TPSA) is 75.1 Å². The molecule has 0 saturated heterocycles. The fourth-order valence-electron chi connectivity index (χ4n) is 3.82. The van der Waals surface area contributed by atoms with Gasteiger partial charge in [0.1, 0.15) is 11.3 Å². The summed E-state index contributed by atoms with van der Waals surface area (Å²) in [6.45, 7) is 2.96. The van der Waals surface area contributed by atoms with Crippen molar-refractivity contribution in [3.05, 3.63) is 82.8 Å². The maximum absolute atomic E-state index is 14.1. The summed E-state index contributed by atoms with van der Waals surface area (Å²) in [5, 5.41) is 9.14. The first kappa shape index (κ1) is 21.7. The van der Waals surface area contributed by atoms with Gasteiger partial charge in [-0.15, -0.1) is 5.10 Å². The summed E-state index contributed by atoms with van der Waals surface area (Å²) in [4.78, 5) is 12.9. The van der Waals surface area contributed by atoms with Gasteiger partial charge in [0.05, 0.1) is 26.0 Å². The molecule has 0 fully saturated rings. The highest BCUT2D eigenvalue weighted by Crippen LogP contribution is 2.24. The molecule has 0 spiro atoms. The quantitative estimate of drug-likeness (QED) is 0.324. The average molecular weight is 461 g/mol. The molecule has 0 aliphatic rings. The van der Waals surface area contributed by atoms with Gasteiger partial charge in [-0.3, -0.25) is 0 Å². The van der Waals surface area contributed by atoms with Crippen LogP contribution in [0.5, 0.6) is 11.5 Å². The number of hydrogen-bond acceptors (Lipinski definition) is 5. The van der Waals surface area contributed by atoms with Crippen LogP contribution in [0, 0.1) is 5.82 Å². The lowest BCUT2D eigenvalue weighted by Gasteiger charge is -2.05. The molecule has 0 aliphatic heterocycles. The second-order valence-electron chi connectivity index (χ2n) is 7.99. The number of ether oxygens (including phenoxy) is 2. The maximum atomic E-state index is 14.1. The van der Waals surface area contributed by atoms with Crippen LogP contribution in [0.1, 0.15) is 25.3 Å². The van der Waals surface area contributed by atoms with E-state index in [0.717, 1.165) is 29.8 Å². The highest BCUT2D eigenvalue weighted by Gasteiger charge is 2.14. The fraction of sp³-hybridized carbons (Fsp3) is 0.240. The van der Waals surface area contributed by atoms with Crippen LogP contribution in [0.2, 0.25) is 0 Å². The Bertz CT molecular complexity index is 1520. The highest BCUT2D eigenvalue weighted by atomic mass is 19.1. The summed E-state index contributed by atoms with van der Waals surface area (Å²) in [6.07, 6.45) is 5.45. The Morgan fingerprint density at radius 1 is 1.03 bits per heavy atom. The van der Waals surface area contributed by atoms with E-state index in [4.69, 9.17) is 9.47 Å². The molecule has 9 heteroatoms. The molecular formula is C25H24FN5O3. The molecule has 0 atom stereocenters. The third-order valence-corrected chi connectivity index (χ3v) is 5.66. The highest BCUT2D eigenvalue weighted by molar-refractivity contribution is 5.76. The van der Waals surface area contributed by atoms with Crippen molar-refractivity contribution in [2.24, 2.45) is 0 Å². The standard InChI is InChI=1S/C25H24FN5O3/c1-3-4-13-34-19-8-6-18(7-9-19)21-15-22-24-28-31(25(32)29(24)11-12-30(22)27-21)16-17-5-10-23(33-2)20(26)14-17/h5-12,14-15H,3-4,13,16H2,1-2H3. The van der Waals surface area contributed by atoms with Crippen molar-refractivity contribution < 1.29 is 13.9 Å². The Kier molecular flexibility index (Phi) is 5.75. The molecule has 0 amide bonds. The molecule has 3 aromatic heterocycles. The van der Waals surface area contributed by atoms with Crippen molar-refractivity contribution in [2.45, 2.75) is 26.3 Å². The number of rotatable bonds is 8. The summed E-state index contributed by atoms with van der Waals surface area (Å²) in [5.41, 5.74) is 3.14. The van der Waals surface area contributed by atoms with Gasteiger partial charge in [0.25, 0.3) is 0 Å². The van der Waals surface area contributed by atoms with Gasteiger partial charge < -0.3 is 9.47 Å². The van der Waals surface area contributed by atoms with Gasteiger partial charge in [-0.05, 0) is 54.4 Å². The molecule has 5 aromatic rings. The summed E-state index contributed by atoms with van der Waals surface area (Å²) >= 11 is 0. The van der Waals surface area contributed by atoms with Crippen LogP contribution in [-0.4, -0.2) is 37.5 Å². The molecule has 5 rings (SSSR count). The second-order valence-corrected chi connectivity index (χ2v) is 7.99. The molecule has 0 bridgehead atoms. The molecule has 0 aliphatic carbocycles. The van der Waals surface area contributed by atoms with Crippen molar-refractivity contribution in [3.63, 3.8) is 0 Å². The van der Waals surface area contributed by atoms with E-state index in [0.29, 0.717) is 23.3 Å². The lowest BCUT2D eigenvalue weighted by Crippen LogP contribution is -2.21. The Morgan fingerprint density at radius 2 is 1.85 bits per heavy atom. The number of hydrogen-bond donors (Lipinski definition) is 0. The van der Waals surface area contributed by atoms with Crippen LogP contribution in [0.4, 0.5) is 4.39 Å². The molecule has 34 heavy (non-hydrogen) atoms. The Balaban J connectivity index is 1.47. The summed E-state index contributed by atoms with van der Waals surface area (Å²) in [6, 6.07) is 14.3. The second kappa shape index (κ2) is 9.01. The van der Waals surface area contributed by atoms with E-state index in [9.17, 15) is 9.18 Å². The van der Waals surface area contributed by atoms with Gasteiger partial charge in [0.15, 0.2) is 17.2 Å². The van der Waals surface area contributed by atoms with Crippen molar-refractivity contribution in [3.8, 4) is 22.8 Å². The third kappa shape index (κ3) is 4.00. The van der Waals surface area contributed by atoms with Gasteiger partial charge in [-0.2, -0.15) is 5.10 Å². The van der Waals surface area contributed by atoms with E-state index >= 15 is 0 Å². The fourth-order valence-corrected chi connectivity index (χ4v) is 3.82. The van der Waals surface area contributed by atoms with E-state index in [1.807, 2.05) is 30.3 Å². The molecule has 2 aromatic carbocycles. The first-order chi connectivity index (χ1) is 16.6. The third-order valence-electron chi connectivity index (χ3n) is 5.66. The van der Waals surface area contributed by atoms with Gasteiger partial charge in [-0.25, -0.2) is 22.8 Å². The van der Waals surface area contributed by atoms with Crippen LogP contribution in [-0.2, 0) is 6.54 Å². The Hall–Kier alpha value is -4.14. The average Bonchev–Trinajstić information content (AvgIpc) is 3.41. The minimum absolute atomic E-state index is 0.133. The first-order valence-corrected chi connectivity index (χ1v) is 11.1. The van der Waals surface area contributed by atoms with Crippen LogP contribution in [0.15, 0.2) is 65.7 Å². The zero-order valence-corrected chi connectivity index (χ0v) is 18.9. The lowest BCUT2D eigenvalue weighted by atomic mass is 10.1. The van der Waals surface area contributed by atoms with E-state index in [1.54, 1.807) is 23.0 Å². The first-order valence-electron chi connectivity index (χ1n) is 11.1. The SMILES string of the molecule is CCCCOc1ccc(-c2cc3c4nn(Cc5ccc(OC)c(F)c5)c(=O)n4ccn3n2)cc1. The van der Waals surface area contributed by atoms with Gasteiger partial charge in [0, 0.05) is 18.0 Å². The number of halogens is 1. The molecule has 0 saturated carbocycles. The normalized spacial score (nSPS) is 11.4. The molecule has 0 radical (unpaired) electrons. The van der Waals surface area contributed by atoms with Crippen LogP contribution in [0.25, 0.3) is 22.4 Å². The van der Waals surface area contributed by atoms with Crippen LogP contribution in [0.3, 0.4) is 0 Å². The molecule has 0 unspecified atom stereocenters. The predicted molar refractivity (Wildman–Crippen MR) is 126 cm³/mol. The van der Waals surface area contributed by atoms with E-state index in [1.165, 1.54) is 28.3 Å². The van der Waals surface area contributed by atoms with Crippen molar-refractivity contribution in [2.75, 3.05) is 13.7 Å². The zero-order chi connectivity index (χ0) is 23.7. The maximum Gasteiger partial charge on any atom is 0.350 e. The molecule has 8 nitrogen and oxygen atoms in total. The van der Waals surface area contributed by atoms with E-state index in [-0.39, 0.29) is 18.0 Å². The number of benzene rings is 2. The smallest absolute Gasteiger partial charge is 0.350 e. The van der Waals surface area contributed by atoms with E-state index in [2.05, 4.69) is 17.1 Å². The number of unbranched alkanes of at least 4 members (excludes halogenated alkanes) is 1. The summed E-state index contributed by atoms with van der Waals surface area (Å²) < 4.78 is 29.2. The van der Waals surface area contributed by atoms with Crippen LogP contribution >= 0.6 is 0 Å². The molecular weight excluding hydrogens is 437 g/mol. The number of aromatic nitrogens is 5. The van der Waals surface area contributed by atoms with Gasteiger partial charge >= 0.3 is 5.69 Å². The largest absolute Gasteiger partial charge is 0.494 e. The molecule has 3 heterocycles. The van der Waals surface area contributed by atoms with Crippen molar-refractivity contribution >= 4 is 11.2 Å². The number of fused-ring (bicyclic) bond motifs is 3. The number of nitrogens with zero attached hydrogens (tertiary/aromatic N) is 5. The summed E-state index contributed by atoms with van der Waals surface area (Å²) in [5.74, 6) is 0.491. The Labute approximate surface area is 194 Å². The summed E-state index contributed by atoms with van der Waals surface area (Å²) in [7, 11) is 1.41.